The molecule has 34 heavy (non-hydrogen) atoms. The lowest BCUT2D eigenvalue weighted by Crippen LogP contribution is -2.56. The summed E-state index contributed by atoms with van der Waals surface area (Å²) in [6.07, 6.45) is 5.63. The molecule has 3 amide bonds. The normalized spacial score (nSPS) is 30.4. The van der Waals surface area contributed by atoms with E-state index in [9.17, 15) is 27.9 Å². The Bertz CT molecular complexity index is 918. The van der Waals surface area contributed by atoms with Crippen LogP contribution in [-0.4, -0.2) is 65.6 Å². The van der Waals surface area contributed by atoms with Crippen LogP contribution in [0.3, 0.4) is 0 Å². The highest BCUT2D eigenvalue weighted by atomic mass is 32.2. The zero-order valence-corrected chi connectivity index (χ0v) is 21.3. The molecule has 1 saturated heterocycles. The first-order chi connectivity index (χ1) is 15.9. The van der Waals surface area contributed by atoms with Crippen LogP contribution >= 0.6 is 0 Å². The van der Waals surface area contributed by atoms with Gasteiger partial charge in [0.25, 0.3) is 5.91 Å². The Balaban J connectivity index is 1.60. The minimum absolute atomic E-state index is 0.0699. The maximum Gasteiger partial charge on any atom is 0.259 e. The predicted octanol–water partition coefficient (Wildman–Crippen LogP) is 1.47. The van der Waals surface area contributed by atoms with E-state index in [2.05, 4.69) is 23.5 Å². The molecular weight excluding hydrogens is 458 g/mol. The Morgan fingerprint density at radius 2 is 1.88 bits per heavy atom. The summed E-state index contributed by atoms with van der Waals surface area (Å²) < 4.78 is 26.6. The third kappa shape index (κ3) is 6.19. The first kappa shape index (κ1) is 26.7. The van der Waals surface area contributed by atoms with Gasteiger partial charge in [0.05, 0.1) is 11.4 Å². The van der Waals surface area contributed by atoms with Crippen molar-refractivity contribution in [1.29, 1.82) is 0 Å². The molecule has 0 radical (unpaired) electrons. The van der Waals surface area contributed by atoms with Crippen LogP contribution in [0.4, 0.5) is 0 Å². The van der Waals surface area contributed by atoms with Crippen molar-refractivity contribution < 1.29 is 27.9 Å². The largest absolute Gasteiger partial charge is 0.391 e. The van der Waals surface area contributed by atoms with Crippen molar-refractivity contribution in [3.8, 4) is 0 Å². The number of carbonyl (C=O) groups is 3. The number of aliphatic hydroxyl groups is 1. The molecule has 3 N–H and O–H groups in total. The zero-order chi connectivity index (χ0) is 25.3. The van der Waals surface area contributed by atoms with Gasteiger partial charge in [-0.3, -0.25) is 19.1 Å². The Hall–Kier alpha value is -1.94. The van der Waals surface area contributed by atoms with E-state index in [0.29, 0.717) is 25.2 Å². The summed E-state index contributed by atoms with van der Waals surface area (Å²) in [5, 5.41) is 12.4. The molecule has 1 unspecified atom stereocenters. The third-order valence-electron chi connectivity index (χ3n) is 7.35. The van der Waals surface area contributed by atoms with Gasteiger partial charge < -0.3 is 15.3 Å². The number of rotatable bonds is 12. The van der Waals surface area contributed by atoms with Crippen LogP contribution in [0.25, 0.3) is 0 Å². The summed E-state index contributed by atoms with van der Waals surface area (Å²) in [4.78, 5) is 40.4. The van der Waals surface area contributed by atoms with Gasteiger partial charge in [-0.05, 0) is 56.3 Å². The van der Waals surface area contributed by atoms with E-state index in [1.807, 2.05) is 13.0 Å². The summed E-state index contributed by atoms with van der Waals surface area (Å²) in [6, 6.07) is -0.884. The lowest BCUT2D eigenvalue weighted by atomic mass is 9.91. The van der Waals surface area contributed by atoms with Crippen molar-refractivity contribution in [2.75, 3.05) is 6.54 Å². The van der Waals surface area contributed by atoms with Gasteiger partial charge in [-0.1, -0.05) is 26.8 Å². The van der Waals surface area contributed by atoms with Crippen molar-refractivity contribution in [2.45, 2.75) is 95.1 Å². The Labute approximate surface area is 202 Å². The second kappa shape index (κ2) is 10.4. The summed E-state index contributed by atoms with van der Waals surface area (Å²) in [5.74, 6) is -1.09. The van der Waals surface area contributed by atoms with Crippen LogP contribution < -0.4 is 10.0 Å². The molecule has 0 bridgehead atoms. The average molecular weight is 498 g/mol. The third-order valence-corrected chi connectivity index (χ3v) is 9.17. The molecule has 2 saturated carbocycles. The van der Waals surface area contributed by atoms with E-state index in [1.165, 1.54) is 4.90 Å². The van der Waals surface area contributed by atoms with Gasteiger partial charge in [0, 0.05) is 19.4 Å². The molecule has 1 aliphatic heterocycles. The van der Waals surface area contributed by atoms with E-state index in [1.54, 1.807) is 6.92 Å². The average Bonchev–Trinajstić information content (AvgIpc) is 3.65. The van der Waals surface area contributed by atoms with E-state index in [0.717, 1.165) is 19.3 Å². The van der Waals surface area contributed by atoms with Gasteiger partial charge in [-0.15, -0.1) is 6.58 Å². The number of β-amino-alcohol motifs (C(OH)–C–C–N with tert-alkyl or cyclic N) is 1. The smallest absolute Gasteiger partial charge is 0.259 e. The number of aliphatic hydroxyl groups excluding tert-OH is 1. The maximum absolute atomic E-state index is 13.2. The molecule has 0 aromatic heterocycles. The topological polar surface area (TPSA) is 133 Å². The first-order valence-corrected chi connectivity index (χ1v) is 13.9. The number of likely N-dealkylation sites (tertiary alicyclic amines) is 1. The Morgan fingerprint density at radius 1 is 1.24 bits per heavy atom. The number of hydrogen-bond donors (Lipinski definition) is 3. The van der Waals surface area contributed by atoms with Gasteiger partial charge in [-0.25, -0.2) is 8.42 Å². The van der Waals surface area contributed by atoms with Crippen molar-refractivity contribution in [1.82, 2.24) is 14.9 Å². The quantitative estimate of drug-likeness (QED) is 0.350. The molecule has 9 nitrogen and oxygen atoms in total. The van der Waals surface area contributed by atoms with E-state index in [4.69, 9.17) is 0 Å². The van der Waals surface area contributed by atoms with Crippen molar-refractivity contribution in [2.24, 2.45) is 17.8 Å². The van der Waals surface area contributed by atoms with Crippen LogP contribution in [0.15, 0.2) is 12.7 Å². The number of amides is 3. The minimum Gasteiger partial charge on any atom is -0.391 e. The highest BCUT2D eigenvalue weighted by molar-refractivity contribution is 7.91. The zero-order valence-electron chi connectivity index (χ0n) is 20.5. The van der Waals surface area contributed by atoms with Crippen LogP contribution in [0.5, 0.6) is 0 Å². The van der Waals surface area contributed by atoms with Gasteiger partial charge in [0.15, 0.2) is 0 Å². The highest BCUT2D eigenvalue weighted by Gasteiger charge is 2.60. The van der Waals surface area contributed by atoms with Crippen molar-refractivity contribution in [3.05, 3.63) is 12.7 Å². The predicted molar refractivity (Wildman–Crippen MR) is 128 cm³/mol. The van der Waals surface area contributed by atoms with E-state index in [-0.39, 0.29) is 37.1 Å². The van der Waals surface area contributed by atoms with E-state index >= 15 is 0 Å². The monoisotopic (exact) mass is 497 g/mol. The number of nitrogens with zero attached hydrogens (tertiary/aromatic N) is 1. The second-order valence-electron chi connectivity index (χ2n) is 10.7. The summed E-state index contributed by atoms with van der Waals surface area (Å²) in [6.45, 7) is 9.73. The molecule has 6 atom stereocenters. The second-order valence-corrected chi connectivity index (χ2v) is 12.7. The number of sulfonamides is 1. The molecule has 0 aromatic rings. The lowest BCUT2D eigenvalue weighted by Gasteiger charge is -2.27. The molecular formula is C24H39N3O6S. The fourth-order valence-electron chi connectivity index (χ4n) is 5.00. The number of allylic oxidation sites excluding steroid dienone is 1. The summed E-state index contributed by atoms with van der Waals surface area (Å²) >= 11 is 0. The summed E-state index contributed by atoms with van der Waals surface area (Å²) in [7, 11) is -3.73. The van der Waals surface area contributed by atoms with Gasteiger partial charge in [0.2, 0.25) is 21.8 Å². The molecule has 3 rings (SSSR count). The highest BCUT2D eigenvalue weighted by Crippen LogP contribution is 2.44. The molecule has 2 aliphatic carbocycles. The molecule has 3 fully saturated rings. The SMILES string of the molecule is C=CCCC(C)C[C@@H](C)CC(=O)N1C[C@H](O)C[C@H]1C(=O)N[C@]1(C(=O)NS(=O)(=O)C2CC2)C[C@H]1C. The molecule has 1 heterocycles. The van der Waals surface area contributed by atoms with Crippen LogP contribution in [-0.2, 0) is 24.4 Å². The molecule has 3 aliphatic rings. The molecule has 192 valence electrons. The number of hydrogen-bond acceptors (Lipinski definition) is 6. The lowest BCUT2D eigenvalue weighted by molar-refractivity contribution is -0.140. The molecule has 0 spiro atoms. The Kier molecular flexibility index (Phi) is 8.12. The van der Waals surface area contributed by atoms with Gasteiger partial charge >= 0.3 is 0 Å². The fourth-order valence-corrected chi connectivity index (χ4v) is 6.36. The number of nitrogens with one attached hydrogen (secondary N) is 2. The maximum atomic E-state index is 13.2. The van der Waals surface area contributed by atoms with Crippen molar-refractivity contribution in [3.63, 3.8) is 0 Å². The van der Waals surface area contributed by atoms with Crippen LogP contribution in [0, 0.1) is 17.8 Å². The van der Waals surface area contributed by atoms with Crippen LogP contribution in [0.2, 0.25) is 0 Å². The number of carbonyl (C=O) groups excluding carboxylic acids is 3. The minimum atomic E-state index is -3.73. The van der Waals surface area contributed by atoms with Gasteiger partial charge in [0.1, 0.15) is 11.6 Å². The van der Waals surface area contributed by atoms with Crippen LogP contribution in [0.1, 0.15) is 72.1 Å². The Morgan fingerprint density at radius 3 is 2.44 bits per heavy atom. The molecule has 10 heteroatoms. The summed E-state index contributed by atoms with van der Waals surface area (Å²) in [5.41, 5.74) is -1.30. The van der Waals surface area contributed by atoms with E-state index < -0.39 is 44.8 Å². The van der Waals surface area contributed by atoms with Crippen molar-refractivity contribution >= 4 is 27.7 Å². The first-order valence-electron chi connectivity index (χ1n) is 12.4. The standard InChI is InChI=1S/C24H39N3O6S/c1-5-6-7-15(2)10-16(3)11-21(29)27-14-18(28)12-20(27)22(30)25-24(13-17(24)4)23(31)26-34(32,33)19-8-9-19/h5,15-20,28H,1,6-14H2,2-4H3,(H,25,30)(H,26,31)/t15?,16-,17-,18-,20+,24-/m1/s1. The fraction of sp³-hybridized carbons (Fsp3) is 0.792. The molecule has 0 aromatic carbocycles. The van der Waals surface area contributed by atoms with Gasteiger partial charge in [-0.2, -0.15) is 0 Å².